The molecule has 1 aliphatic rings. The van der Waals surface area contributed by atoms with Crippen molar-refractivity contribution in [3.05, 3.63) is 17.7 Å². The summed E-state index contributed by atoms with van der Waals surface area (Å²) in [4.78, 5) is 19.5. The van der Waals surface area contributed by atoms with Gasteiger partial charge in [0.25, 0.3) is 5.91 Å². The van der Waals surface area contributed by atoms with Crippen LogP contribution in [0.15, 0.2) is 12.1 Å². The number of aromatic nitrogens is 1. The van der Waals surface area contributed by atoms with E-state index >= 15 is 0 Å². The van der Waals surface area contributed by atoms with E-state index in [4.69, 9.17) is 10.7 Å². The van der Waals surface area contributed by atoms with Crippen molar-refractivity contribution in [2.75, 3.05) is 42.9 Å². The fourth-order valence-electron chi connectivity index (χ4n) is 2.86. The average molecular weight is 380 g/mol. The first kappa shape index (κ1) is 20.8. The highest BCUT2D eigenvalue weighted by atomic mass is 32.2. The minimum Gasteiger partial charge on any atom is -0.359 e. The summed E-state index contributed by atoms with van der Waals surface area (Å²) in [7, 11) is 4.05. The highest BCUT2D eigenvalue weighted by Crippen LogP contribution is 2.38. The van der Waals surface area contributed by atoms with Crippen LogP contribution in [0.25, 0.3) is 0 Å². The van der Waals surface area contributed by atoms with Crippen LogP contribution >= 0.6 is 11.9 Å². The molecule has 0 unspecified atom stereocenters. The summed E-state index contributed by atoms with van der Waals surface area (Å²) in [6.45, 7) is 8.72. The van der Waals surface area contributed by atoms with Crippen LogP contribution in [0.3, 0.4) is 0 Å². The van der Waals surface area contributed by atoms with Crippen LogP contribution in [-0.4, -0.2) is 49.9 Å². The molecule has 26 heavy (non-hydrogen) atoms. The molecule has 0 radical (unpaired) electrons. The zero-order valence-corrected chi connectivity index (χ0v) is 17.5. The molecule has 1 aromatic rings. The van der Waals surface area contributed by atoms with E-state index in [-0.39, 0.29) is 5.91 Å². The minimum absolute atomic E-state index is 0.0699. The molecule has 1 aliphatic carbocycles. The predicted octanol–water partition coefficient (Wildman–Crippen LogP) is 2.75. The molecule has 1 aromatic heterocycles. The number of amides is 1. The maximum absolute atomic E-state index is 12.6. The summed E-state index contributed by atoms with van der Waals surface area (Å²) in [6, 6.07) is 3.76. The zero-order valence-electron chi connectivity index (χ0n) is 16.7. The molecule has 146 valence electrons. The van der Waals surface area contributed by atoms with Gasteiger partial charge in [-0.3, -0.25) is 4.79 Å². The fourth-order valence-corrected chi connectivity index (χ4v) is 3.70. The van der Waals surface area contributed by atoms with Crippen molar-refractivity contribution in [3.8, 4) is 0 Å². The van der Waals surface area contributed by atoms with Crippen LogP contribution in [0.2, 0.25) is 0 Å². The lowest BCUT2D eigenvalue weighted by Crippen LogP contribution is -2.28. The summed E-state index contributed by atoms with van der Waals surface area (Å²) in [5, 5.41) is 3.38. The maximum Gasteiger partial charge on any atom is 0.251 e. The zero-order chi connectivity index (χ0) is 19.3. The van der Waals surface area contributed by atoms with Gasteiger partial charge in [-0.1, -0.05) is 20.8 Å². The maximum atomic E-state index is 12.6. The second-order valence-corrected chi connectivity index (χ2v) is 9.18. The Hall–Kier alpha value is -1.47. The molecule has 6 nitrogen and oxygen atoms in total. The Morgan fingerprint density at radius 2 is 2.04 bits per heavy atom. The molecule has 2 rings (SSSR count). The molecule has 0 spiro atoms. The second kappa shape index (κ2) is 9.46. The molecule has 3 N–H and O–H groups in total. The summed E-state index contributed by atoms with van der Waals surface area (Å²) in [5.74, 6) is 3.11. The molecule has 2 atom stereocenters. The normalized spacial score (nSPS) is 18.7. The van der Waals surface area contributed by atoms with Gasteiger partial charge in [0.2, 0.25) is 0 Å². The lowest BCUT2D eigenvalue weighted by Gasteiger charge is -2.24. The van der Waals surface area contributed by atoms with Crippen LogP contribution in [0.5, 0.6) is 0 Å². The van der Waals surface area contributed by atoms with E-state index in [2.05, 4.69) is 38.0 Å². The van der Waals surface area contributed by atoms with Crippen LogP contribution in [0, 0.1) is 11.8 Å². The number of hydrogen-bond acceptors (Lipinski definition) is 6. The number of carbonyl (C=O) groups excluding carboxylic acids is 1. The standard InChI is InChI=1S/C19H33N5OS/c1-13(2)26-24(5)18-11-15(19(25)21-8-6-7-20)10-17(22-18)23(4)12-16-9-14(16)3/h10-11,13-14,16H,6-9,12,20H2,1-5H3,(H,21,25)/t14-,16+/m0/s1. The molecule has 1 saturated carbocycles. The number of carbonyl (C=O) groups is 1. The smallest absolute Gasteiger partial charge is 0.251 e. The number of rotatable bonds is 10. The fraction of sp³-hybridized carbons (Fsp3) is 0.684. The van der Waals surface area contributed by atoms with Crippen molar-refractivity contribution in [1.82, 2.24) is 10.3 Å². The van der Waals surface area contributed by atoms with Gasteiger partial charge in [-0.15, -0.1) is 0 Å². The molecule has 1 fully saturated rings. The first-order chi connectivity index (χ1) is 12.3. The van der Waals surface area contributed by atoms with Crippen molar-refractivity contribution in [2.45, 2.75) is 38.9 Å². The van der Waals surface area contributed by atoms with Crippen LogP contribution in [0.4, 0.5) is 11.6 Å². The van der Waals surface area contributed by atoms with E-state index in [9.17, 15) is 4.79 Å². The van der Waals surface area contributed by atoms with Crippen LogP contribution < -0.4 is 20.3 Å². The van der Waals surface area contributed by atoms with E-state index < -0.39 is 0 Å². The molecular weight excluding hydrogens is 346 g/mol. The number of nitrogens with one attached hydrogen (secondary N) is 1. The van der Waals surface area contributed by atoms with Gasteiger partial charge < -0.3 is 20.3 Å². The highest BCUT2D eigenvalue weighted by Gasteiger charge is 2.33. The van der Waals surface area contributed by atoms with Gasteiger partial charge in [-0.25, -0.2) is 4.98 Å². The van der Waals surface area contributed by atoms with E-state index in [1.165, 1.54) is 6.42 Å². The average Bonchev–Trinajstić information content (AvgIpc) is 3.28. The monoisotopic (exact) mass is 379 g/mol. The second-order valence-electron chi connectivity index (χ2n) is 7.48. The summed E-state index contributed by atoms with van der Waals surface area (Å²) in [5.41, 5.74) is 6.16. The SMILES string of the molecule is CC(C)SN(C)c1cc(C(=O)NCCCN)cc(N(C)C[C@H]2C[C@@H]2C)n1. The molecular formula is C19H33N5OS. The van der Waals surface area contributed by atoms with Gasteiger partial charge in [-0.05, 0) is 55.3 Å². The van der Waals surface area contributed by atoms with Crippen molar-refractivity contribution in [3.63, 3.8) is 0 Å². The van der Waals surface area contributed by atoms with E-state index in [1.54, 1.807) is 11.9 Å². The first-order valence-electron chi connectivity index (χ1n) is 9.43. The molecule has 1 amide bonds. The van der Waals surface area contributed by atoms with Gasteiger partial charge in [0.05, 0.1) is 0 Å². The molecule has 0 aliphatic heterocycles. The Kier molecular flexibility index (Phi) is 7.58. The van der Waals surface area contributed by atoms with Crippen LogP contribution in [-0.2, 0) is 0 Å². The van der Waals surface area contributed by atoms with Gasteiger partial charge in [-0.2, -0.15) is 0 Å². The topological polar surface area (TPSA) is 74.5 Å². The third-order valence-electron chi connectivity index (χ3n) is 4.59. The molecule has 0 aromatic carbocycles. The van der Waals surface area contributed by atoms with Gasteiger partial charge >= 0.3 is 0 Å². The van der Waals surface area contributed by atoms with Gasteiger partial charge in [0.1, 0.15) is 11.6 Å². The van der Waals surface area contributed by atoms with Crippen LogP contribution in [0.1, 0.15) is 44.0 Å². The summed E-state index contributed by atoms with van der Waals surface area (Å²) < 4.78 is 2.04. The Labute approximate surface area is 162 Å². The summed E-state index contributed by atoms with van der Waals surface area (Å²) >= 11 is 1.70. The first-order valence-corrected chi connectivity index (χ1v) is 10.3. The Bertz CT molecular complexity index is 610. The highest BCUT2D eigenvalue weighted by molar-refractivity contribution is 8.01. The minimum atomic E-state index is -0.0699. The third-order valence-corrected chi connectivity index (χ3v) is 5.52. The van der Waals surface area contributed by atoms with Crippen molar-refractivity contribution in [2.24, 2.45) is 17.6 Å². The van der Waals surface area contributed by atoms with E-state index in [0.717, 1.165) is 36.4 Å². The number of anilines is 2. The Morgan fingerprint density at radius 1 is 1.38 bits per heavy atom. The number of nitrogens with zero attached hydrogens (tertiary/aromatic N) is 3. The van der Waals surface area contributed by atoms with Crippen molar-refractivity contribution < 1.29 is 4.79 Å². The van der Waals surface area contributed by atoms with Gasteiger partial charge in [0.15, 0.2) is 0 Å². The van der Waals surface area contributed by atoms with Gasteiger partial charge in [0, 0.05) is 38.0 Å². The third kappa shape index (κ3) is 6.06. The Balaban J connectivity index is 2.21. The Morgan fingerprint density at radius 3 is 2.62 bits per heavy atom. The predicted molar refractivity (Wildman–Crippen MR) is 112 cm³/mol. The molecule has 7 heteroatoms. The molecule has 1 heterocycles. The number of pyridine rings is 1. The lowest BCUT2D eigenvalue weighted by atomic mass is 10.2. The molecule has 0 saturated heterocycles. The van der Waals surface area contributed by atoms with Crippen molar-refractivity contribution in [1.29, 1.82) is 0 Å². The van der Waals surface area contributed by atoms with E-state index in [1.807, 2.05) is 23.5 Å². The largest absolute Gasteiger partial charge is 0.359 e. The number of nitrogens with two attached hydrogens (primary N) is 1. The lowest BCUT2D eigenvalue weighted by molar-refractivity contribution is 0.0953. The quantitative estimate of drug-likeness (QED) is 0.481. The van der Waals surface area contributed by atoms with E-state index in [0.29, 0.717) is 23.9 Å². The summed E-state index contributed by atoms with van der Waals surface area (Å²) in [6.07, 6.45) is 2.05. The molecule has 0 bridgehead atoms. The van der Waals surface area contributed by atoms with Crippen molar-refractivity contribution >= 4 is 29.5 Å². The number of hydrogen-bond donors (Lipinski definition) is 2.